The maximum atomic E-state index is 12.7. The molecule has 1 atom stereocenters. The van der Waals surface area contributed by atoms with Gasteiger partial charge in [-0.3, -0.25) is 4.79 Å². The number of nitrogens with two attached hydrogens (primary N) is 1. The van der Waals surface area contributed by atoms with Gasteiger partial charge in [-0.15, -0.1) is 0 Å². The zero-order valence-corrected chi connectivity index (χ0v) is 19.9. The third kappa shape index (κ3) is 8.84. The minimum absolute atomic E-state index is 0.0312. The summed E-state index contributed by atoms with van der Waals surface area (Å²) in [6, 6.07) is 11.7. The number of hydrogen-bond donors (Lipinski definition) is 3. The number of hydrogen-bond acceptors (Lipinski definition) is 6. The lowest BCUT2D eigenvalue weighted by molar-refractivity contribution is -0.147. The quantitative estimate of drug-likeness (QED) is 0.404. The zero-order valence-electron chi connectivity index (χ0n) is 19.9. The number of aryl methyl sites for hydroxylation is 2. The predicted octanol–water partition coefficient (Wildman–Crippen LogP) is 4.24. The van der Waals surface area contributed by atoms with Gasteiger partial charge in [-0.2, -0.15) is 0 Å². The molecule has 2 aromatic carbocycles. The van der Waals surface area contributed by atoms with Gasteiger partial charge in [-0.05, 0) is 69.9 Å². The summed E-state index contributed by atoms with van der Waals surface area (Å²) in [5.41, 5.74) is 9.05. The molecule has 4 N–H and O–H groups in total. The van der Waals surface area contributed by atoms with E-state index >= 15 is 0 Å². The molecule has 0 aliphatic heterocycles. The van der Waals surface area contributed by atoms with E-state index in [4.69, 9.17) is 15.2 Å². The second kappa shape index (κ2) is 11.4. The van der Waals surface area contributed by atoms with Crippen molar-refractivity contribution in [2.45, 2.75) is 65.7 Å². The zero-order chi connectivity index (χ0) is 24.6. The lowest BCUT2D eigenvalue weighted by atomic mass is 10.1. The molecule has 0 unspecified atom stereocenters. The van der Waals surface area contributed by atoms with E-state index in [2.05, 4.69) is 10.6 Å². The summed E-state index contributed by atoms with van der Waals surface area (Å²) in [4.78, 5) is 37.4. The number of rotatable bonds is 8. The summed E-state index contributed by atoms with van der Waals surface area (Å²) in [6.07, 6.45) is -0.764. The van der Waals surface area contributed by atoms with Crippen LogP contribution in [0.25, 0.3) is 0 Å². The van der Waals surface area contributed by atoms with Gasteiger partial charge in [0.05, 0.1) is 11.4 Å². The van der Waals surface area contributed by atoms with Crippen LogP contribution in [0.3, 0.4) is 0 Å². The average Bonchev–Trinajstić information content (AvgIpc) is 2.72. The van der Waals surface area contributed by atoms with Crippen LogP contribution in [-0.4, -0.2) is 29.6 Å². The highest BCUT2D eigenvalue weighted by molar-refractivity contribution is 5.94. The molecule has 33 heavy (non-hydrogen) atoms. The summed E-state index contributed by atoms with van der Waals surface area (Å²) in [6.45, 7) is 9.07. The average molecular weight is 456 g/mol. The first kappa shape index (κ1) is 25.7. The molecule has 0 fully saturated rings. The molecule has 8 nitrogen and oxygen atoms in total. The van der Waals surface area contributed by atoms with E-state index < -0.39 is 23.7 Å². The van der Waals surface area contributed by atoms with Gasteiger partial charge < -0.3 is 25.8 Å². The maximum Gasteiger partial charge on any atom is 0.408 e. The fourth-order valence-corrected chi connectivity index (χ4v) is 2.96. The van der Waals surface area contributed by atoms with Crippen LogP contribution < -0.4 is 16.4 Å². The van der Waals surface area contributed by atoms with E-state index in [0.717, 1.165) is 16.7 Å². The van der Waals surface area contributed by atoms with Crippen LogP contribution in [0.1, 0.15) is 50.3 Å². The third-order valence-electron chi connectivity index (χ3n) is 4.80. The summed E-state index contributed by atoms with van der Waals surface area (Å²) in [7, 11) is 0. The van der Waals surface area contributed by atoms with Gasteiger partial charge in [0.2, 0.25) is 5.91 Å². The molecule has 0 bridgehead atoms. The Kier molecular flexibility index (Phi) is 8.85. The number of amides is 2. The van der Waals surface area contributed by atoms with Gasteiger partial charge in [0.1, 0.15) is 18.2 Å². The first-order valence-corrected chi connectivity index (χ1v) is 10.8. The largest absolute Gasteiger partial charge is 0.459 e. The molecule has 0 aromatic heterocycles. The number of ether oxygens (including phenoxy) is 2. The summed E-state index contributed by atoms with van der Waals surface area (Å²) in [5, 5.41) is 5.28. The van der Waals surface area contributed by atoms with Crippen molar-refractivity contribution in [2.75, 3.05) is 11.1 Å². The number of carbonyl (C=O) groups is 3. The molecule has 2 rings (SSSR count). The third-order valence-corrected chi connectivity index (χ3v) is 4.80. The monoisotopic (exact) mass is 455 g/mol. The van der Waals surface area contributed by atoms with E-state index in [1.54, 1.807) is 32.9 Å². The molecule has 0 saturated heterocycles. The highest BCUT2D eigenvalue weighted by Crippen LogP contribution is 2.23. The fraction of sp³-hybridized carbons (Fsp3) is 0.400. The van der Waals surface area contributed by atoms with Crippen LogP contribution in [0.2, 0.25) is 0 Å². The Labute approximate surface area is 194 Å². The minimum Gasteiger partial charge on any atom is -0.459 e. The molecule has 2 aromatic rings. The highest BCUT2D eigenvalue weighted by atomic mass is 16.6. The van der Waals surface area contributed by atoms with E-state index in [1.807, 2.05) is 44.2 Å². The molecule has 178 valence electrons. The van der Waals surface area contributed by atoms with Crippen molar-refractivity contribution in [3.05, 3.63) is 59.2 Å². The van der Waals surface area contributed by atoms with Crippen LogP contribution in [0.15, 0.2) is 42.5 Å². The fourth-order valence-electron chi connectivity index (χ4n) is 2.96. The Morgan fingerprint density at radius 2 is 1.67 bits per heavy atom. The second-order valence-electron chi connectivity index (χ2n) is 8.90. The topological polar surface area (TPSA) is 120 Å². The molecule has 0 aliphatic carbocycles. The molecule has 2 amide bonds. The minimum atomic E-state index is -1.05. The standard InChI is InChI=1S/C25H33N3O5/c1-16-13-19(26)21(14-17(16)2)27-22(29)12-11-20(28-24(31)33-25(3,4)5)23(30)32-15-18-9-7-6-8-10-18/h6-10,13-14,20H,11-12,15,26H2,1-5H3,(H,27,29)(H,28,31)/t20-/m1/s1. The van der Waals surface area contributed by atoms with Crippen molar-refractivity contribution >= 4 is 29.3 Å². The van der Waals surface area contributed by atoms with Crippen LogP contribution in [0.5, 0.6) is 0 Å². The van der Waals surface area contributed by atoms with Gasteiger partial charge >= 0.3 is 12.1 Å². The van der Waals surface area contributed by atoms with Gasteiger partial charge in [0.25, 0.3) is 0 Å². The van der Waals surface area contributed by atoms with Crippen LogP contribution in [0, 0.1) is 13.8 Å². The van der Waals surface area contributed by atoms with Gasteiger partial charge in [-0.25, -0.2) is 9.59 Å². The van der Waals surface area contributed by atoms with Crippen molar-refractivity contribution in [2.24, 2.45) is 0 Å². The number of alkyl carbamates (subject to hydrolysis) is 1. The summed E-state index contributed by atoms with van der Waals surface area (Å²) < 4.78 is 10.6. The Morgan fingerprint density at radius 3 is 2.30 bits per heavy atom. The van der Waals surface area contributed by atoms with Gasteiger partial charge in [0, 0.05) is 6.42 Å². The predicted molar refractivity (Wildman–Crippen MR) is 128 cm³/mol. The van der Waals surface area contributed by atoms with Crippen molar-refractivity contribution in [3.63, 3.8) is 0 Å². The number of nitrogens with one attached hydrogen (secondary N) is 2. The molecular weight excluding hydrogens is 422 g/mol. The molecule has 8 heteroatoms. The number of carbonyl (C=O) groups excluding carboxylic acids is 3. The molecule has 0 heterocycles. The number of nitrogen functional groups attached to an aromatic ring is 1. The van der Waals surface area contributed by atoms with Crippen LogP contribution in [-0.2, 0) is 25.7 Å². The number of benzene rings is 2. The highest BCUT2D eigenvalue weighted by Gasteiger charge is 2.26. The number of anilines is 2. The van der Waals surface area contributed by atoms with Gasteiger partial charge in [-0.1, -0.05) is 30.3 Å². The SMILES string of the molecule is Cc1cc(N)c(NC(=O)CC[C@@H](NC(=O)OC(C)(C)C)C(=O)OCc2ccccc2)cc1C. The van der Waals surface area contributed by atoms with Crippen molar-refractivity contribution in [1.29, 1.82) is 0 Å². The molecule has 0 radical (unpaired) electrons. The van der Waals surface area contributed by atoms with Crippen molar-refractivity contribution < 1.29 is 23.9 Å². The van der Waals surface area contributed by atoms with E-state index in [-0.39, 0.29) is 25.4 Å². The van der Waals surface area contributed by atoms with E-state index in [0.29, 0.717) is 11.4 Å². The normalized spacial score (nSPS) is 11.9. The second-order valence-corrected chi connectivity index (χ2v) is 8.90. The summed E-state index contributed by atoms with van der Waals surface area (Å²) in [5.74, 6) is -0.986. The smallest absolute Gasteiger partial charge is 0.408 e. The molecule has 0 saturated carbocycles. The van der Waals surface area contributed by atoms with E-state index in [9.17, 15) is 14.4 Å². The lowest BCUT2D eigenvalue weighted by Crippen LogP contribution is -2.44. The Balaban J connectivity index is 2.02. The van der Waals surface area contributed by atoms with Gasteiger partial charge in [0.15, 0.2) is 0 Å². The van der Waals surface area contributed by atoms with Crippen LogP contribution >= 0.6 is 0 Å². The Morgan fingerprint density at radius 1 is 1.03 bits per heavy atom. The van der Waals surface area contributed by atoms with Crippen molar-refractivity contribution in [3.8, 4) is 0 Å². The molecular formula is C25H33N3O5. The van der Waals surface area contributed by atoms with Crippen molar-refractivity contribution in [1.82, 2.24) is 5.32 Å². The van der Waals surface area contributed by atoms with Crippen LogP contribution in [0.4, 0.5) is 16.2 Å². The first-order valence-electron chi connectivity index (χ1n) is 10.8. The first-order chi connectivity index (χ1) is 15.4. The summed E-state index contributed by atoms with van der Waals surface area (Å²) >= 11 is 0. The number of esters is 1. The Bertz CT molecular complexity index is 984. The maximum absolute atomic E-state index is 12.7. The Hall–Kier alpha value is -3.55. The van der Waals surface area contributed by atoms with E-state index in [1.165, 1.54) is 0 Å². The molecule has 0 aliphatic rings. The molecule has 0 spiro atoms. The lowest BCUT2D eigenvalue weighted by Gasteiger charge is -2.23.